The molecule has 0 unspecified atom stereocenters. The molecule has 0 atom stereocenters. The van der Waals surface area contributed by atoms with Gasteiger partial charge in [0, 0.05) is 48.7 Å². The number of thiocarbonyl (C=S) groups is 1. The van der Waals surface area contributed by atoms with Crippen LogP contribution in [0.25, 0.3) is 6.08 Å². The maximum atomic E-state index is 12.5. The van der Waals surface area contributed by atoms with Crippen LogP contribution in [0.2, 0.25) is 5.02 Å². The third kappa shape index (κ3) is 6.44. The van der Waals surface area contributed by atoms with Crippen LogP contribution in [-0.2, 0) is 4.79 Å². The minimum Gasteiger partial charge on any atom is -0.368 e. The number of nitrogens with zero attached hydrogens (tertiary/aromatic N) is 2. The van der Waals surface area contributed by atoms with Crippen molar-refractivity contribution < 1.29 is 9.59 Å². The second-order valence-electron chi connectivity index (χ2n) is 7.63. The Morgan fingerprint density at radius 2 is 1.68 bits per heavy atom. The zero-order valence-electron chi connectivity index (χ0n) is 18.2. The minimum atomic E-state index is -0.320. The molecule has 0 radical (unpaired) electrons. The number of thiophene rings is 1. The fourth-order valence-electron chi connectivity index (χ4n) is 3.54. The maximum absolute atomic E-state index is 12.5. The predicted octanol–water partition coefficient (Wildman–Crippen LogP) is 4.89. The molecule has 1 fully saturated rings. The highest BCUT2D eigenvalue weighted by atomic mass is 35.5. The summed E-state index contributed by atoms with van der Waals surface area (Å²) in [6, 6.07) is 18.8. The lowest BCUT2D eigenvalue weighted by Gasteiger charge is -2.36. The number of halogens is 1. The van der Waals surface area contributed by atoms with Gasteiger partial charge < -0.3 is 15.1 Å². The summed E-state index contributed by atoms with van der Waals surface area (Å²) in [5, 5.41) is 8.45. The number of amides is 2. The molecule has 174 valence electrons. The largest absolute Gasteiger partial charge is 0.368 e. The Balaban J connectivity index is 1.24. The van der Waals surface area contributed by atoms with Gasteiger partial charge in [0.25, 0.3) is 5.91 Å². The van der Waals surface area contributed by atoms with E-state index in [2.05, 4.69) is 15.5 Å². The van der Waals surface area contributed by atoms with E-state index in [-0.39, 0.29) is 16.9 Å². The first-order chi connectivity index (χ1) is 16.5. The predicted molar refractivity (Wildman–Crippen MR) is 144 cm³/mol. The van der Waals surface area contributed by atoms with E-state index in [0.717, 1.165) is 34.9 Å². The van der Waals surface area contributed by atoms with E-state index in [4.69, 9.17) is 23.8 Å². The summed E-state index contributed by atoms with van der Waals surface area (Å²) in [4.78, 5) is 29.6. The van der Waals surface area contributed by atoms with E-state index in [9.17, 15) is 9.59 Å². The molecular formula is C25H23ClN4O2S2. The van der Waals surface area contributed by atoms with Gasteiger partial charge in [-0.15, -0.1) is 11.3 Å². The molecule has 0 aliphatic carbocycles. The molecule has 1 aliphatic rings. The van der Waals surface area contributed by atoms with Crippen LogP contribution in [0.4, 0.5) is 11.4 Å². The van der Waals surface area contributed by atoms with Gasteiger partial charge in [-0.1, -0.05) is 29.8 Å². The van der Waals surface area contributed by atoms with Gasteiger partial charge in [-0.3, -0.25) is 14.9 Å². The Morgan fingerprint density at radius 1 is 0.971 bits per heavy atom. The van der Waals surface area contributed by atoms with Crippen LogP contribution in [0.15, 0.2) is 72.1 Å². The van der Waals surface area contributed by atoms with E-state index < -0.39 is 0 Å². The van der Waals surface area contributed by atoms with Crippen molar-refractivity contribution in [3.8, 4) is 0 Å². The number of hydrogen-bond acceptors (Lipinski definition) is 5. The number of carbonyl (C=O) groups excluding carboxylic acids is 2. The Kier molecular flexibility index (Phi) is 7.95. The number of piperazine rings is 1. The molecule has 0 spiro atoms. The summed E-state index contributed by atoms with van der Waals surface area (Å²) in [6.45, 7) is 2.93. The summed E-state index contributed by atoms with van der Waals surface area (Å²) in [6.07, 6.45) is 3.11. The van der Waals surface area contributed by atoms with E-state index >= 15 is 0 Å². The quantitative estimate of drug-likeness (QED) is 0.378. The van der Waals surface area contributed by atoms with Crippen LogP contribution in [0.3, 0.4) is 0 Å². The first kappa shape index (κ1) is 23.9. The first-order valence-electron chi connectivity index (χ1n) is 10.7. The minimum absolute atomic E-state index is 0.104. The number of anilines is 2. The molecule has 0 bridgehead atoms. The van der Waals surface area contributed by atoms with Crippen LogP contribution >= 0.6 is 35.2 Å². The molecule has 1 aromatic heterocycles. The molecule has 2 N–H and O–H groups in total. The fourth-order valence-corrected chi connectivity index (χ4v) is 4.58. The van der Waals surface area contributed by atoms with Crippen LogP contribution in [0, 0.1) is 0 Å². The molecular weight excluding hydrogens is 488 g/mol. The monoisotopic (exact) mass is 510 g/mol. The Bertz CT molecular complexity index is 1170. The van der Waals surface area contributed by atoms with Gasteiger partial charge in [-0.25, -0.2) is 0 Å². The number of nitrogens with one attached hydrogen (secondary N) is 2. The van der Waals surface area contributed by atoms with Crippen molar-refractivity contribution in [2.75, 3.05) is 36.4 Å². The van der Waals surface area contributed by atoms with Crippen LogP contribution in [0.1, 0.15) is 15.2 Å². The van der Waals surface area contributed by atoms with Gasteiger partial charge in [0.05, 0.1) is 4.88 Å². The van der Waals surface area contributed by atoms with Crippen molar-refractivity contribution in [3.05, 3.63) is 87.6 Å². The van der Waals surface area contributed by atoms with Gasteiger partial charge in [0.1, 0.15) is 0 Å². The van der Waals surface area contributed by atoms with Crippen molar-refractivity contribution in [2.45, 2.75) is 0 Å². The Labute approximate surface area is 212 Å². The number of carbonyl (C=O) groups is 2. The lowest BCUT2D eigenvalue weighted by molar-refractivity contribution is -0.115. The highest BCUT2D eigenvalue weighted by Crippen LogP contribution is 2.21. The fraction of sp³-hybridized carbons (Fsp3) is 0.160. The van der Waals surface area contributed by atoms with Crippen LogP contribution < -0.4 is 15.5 Å². The second kappa shape index (κ2) is 11.3. The molecule has 34 heavy (non-hydrogen) atoms. The van der Waals surface area contributed by atoms with E-state index in [0.29, 0.717) is 18.1 Å². The van der Waals surface area contributed by atoms with Crippen LogP contribution in [-0.4, -0.2) is 48.0 Å². The summed E-state index contributed by atoms with van der Waals surface area (Å²) in [5.41, 5.74) is 2.72. The lowest BCUT2D eigenvalue weighted by Crippen LogP contribution is -2.48. The highest BCUT2D eigenvalue weighted by molar-refractivity contribution is 7.80. The van der Waals surface area contributed by atoms with Crippen molar-refractivity contribution in [1.82, 2.24) is 10.2 Å². The molecule has 3 aromatic rings. The van der Waals surface area contributed by atoms with Gasteiger partial charge in [0.2, 0.25) is 5.91 Å². The SMILES string of the molecule is O=C(/C=C/c1ccc(Cl)cc1)NC(=S)Nc1ccc(N2CCN(C(=O)c3cccs3)CC2)cc1. The molecule has 2 heterocycles. The summed E-state index contributed by atoms with van der Waals surface area (Å²) < 4.78 is 0. The normalized spacial score (nSPS) is 13.7. The average molecular weight is 511 g/mol. The van der Waals surface area contributed by atoms with Gasteiger partial charge in [-0.05, 0) is 71.7 Å². The molecule has 1 aliphatic heterocycles. The third-order valence-electron chi connectivity index (χ3n) is 5.32. The van der Waals surface area contributed by atoms with Gasteiger partial charge >= 0.3 is 0 Å². The van der Waals surface area contributed by atoms with E-state index in [1.54, 1.807) is 18.2 Å². The lowest BCUT2D eigenvalue weighted by atomic mass is 10.2. The molecule has 2 aromatic carbocycles. The number of benzene rings is 2. The highest BCUT2D eigenvalue weighted by Gasteiger charge is 2.22. The third-order valence-corrected chi connectivity index (χ3v) is 6.64. The van der Waals surface area contributed by atoms with Gasteiger partial charge in [0.15, 0.2) is 5.11 Å². The molecule has 1 saturated heterocycles. The summed E-state index contributed by atoms with van der Waals surface area (Å²) in [7, 11) is 0. The molecule has 9 heteroatoms. The standard InChI is InChI=1S/C25H23ClN4O2S2/c26-19-6-3-18(4-7-19)5-12-23(31)28-25(33)27-20-8-10-21(11-9-20)29-13-15-30(16-14-29)24(32)22-2-1-17-34-22/h1-12,17H,13-16H2,(H2,27,28,31,33)/b12-5+. The summed E-state index contributed by atoms with van der Waals surface area (Å²) >= 11 is 12.6. The van der Waals surface area contributed by atoms with E-state index in [1.165, 1.54) is 17.4 Å². The summed E-state index contributed by atoms with van der Waals surface area (Å²) in [5.74, 6) is -0.216. The van der Waals surface area contributed by atoms with Crippen molar-refractivity contribution in [1.29, 1.82) is 0 Å². The molecule has 0 saturated carbocycles. The second-order valence-corrected chi connectivity index (χ2v) is 9.42. The van der Waals surface area contributed by atoms with Crippen molar-refractivity contribution >= 4 is 69.5 Å². The smallest absolute Gasteiger partial charge is 0.264 e. The average Bonchev–Trinajstić information content (AvgIpc) is 3.39. The molecule has 4 rings (SSSR count). The van der Waals surface area contributed by atoms with Crippen molar-refractivity contribution in [2.24, 2.45) is 0 Å². The number of rotatable bonds is 5. The number of hydrogen-bond donors (Lipinski definition) is 2. The van der Waals surface area contributed by atoms with Crippen LogP contribution in [0.5, 0.6) is 0 Å². The molecule has 2 amide bonds. The Morgan fingerprint density at radius 3 is 2.32 bits per heavy atom. The molecule has 6 nitrogen and oxygen atoms in total. The van der Waals surface area contributed by atoms with Gasteiger partial charge in [-0.2, -0.15) is 0 Å². The maximum Gasteiger partial charge on any atom is 0.264 e. The zero-order valence-corrected chi connectivity index (χ0v) is 20.6. The Hall–Kier alpha value is -3.20. The van der Waals surface area contributed by atoms with Crippen molar-refractivity contribution in [3.63, 3.8) is 0 Å². The topological polar surface area (TPSA) is 64.7 Å². The first-order valence-corrected chi connectivity index (χ1v) is 12.4. The van der Waals surface area contributed by atoms with E-state index in [1.807, 2.05) is 58.8 Å². The zero-order chi connectivity index (χ0) is 23.9.